The number of nitrogens with zero attached hydrogens (tertiary/aromatic N) is 2. The van der Waals surface area contributed by atoms with Crippen molar-refractivity contribution in [3.8, 4) is 5.75 Å². The Hall–Kier alpha value is -1.86. The molecule has 0 bridgehead atoms. The molecule has 0 radical (unpaired) electrons. The van der Waals surface area contributed by atoms with E-state index in [-0.39, 0.29) is 17.7 Å². The van der Waals surface area contributed by atoms with Gasteiger partial charge in [-0.3, -0.25) is 9.69 Å². The number of amides is 1. The minimum absolute atomic E-state index is 0.0143. The smallest absolute Gasteiger partial charge is 0.246 e. The van der Waals surface area contributed by atoms with E-state index < -0.39 is 9.84 Å². The summed E-state index contributed by atoms with van der Waals surface area (Å²) in [7, 11) is -2.86. The van der Waals surface area contributed by atoms with Crippen LogP contribution in [0.1, 0.15) is 17.5 Å². The average molecular weight is 376 g/mol. The largest absolute Gasteiger partial charge is 0.493 e. The van der Waals surface area contributed by atoms with Crippen molar-refractivity contribution in [2.24, 2.45) is 0 Å². The lowest BCUT2D eigenvalue weighted by atomic mass is 10.1. The molecule has 1 unspecified atom stereocenters. The van der Waals surface area contributed by atoms with Crippen LogP contribution in [0.2, 0.25) is 0 Å². The summed E-state index contributed by atoms with van der Waals surface area (Å²) in [6.07, 6.45) is 5.13. The highest BCUT2D eigenvalue weighted by molar-refractivity contribution is 7.91. The number of fused-ring (bicyclic) bond motifs is 1. The first-order valence-corrected chi connectivity index (χ1v) is 11.0. The molecule has 0 N–H and O–H groups in total. The molecule has 3 heterocycles. The first kappa shape index (κ1) is 17.5. The molecule has 3 aliphatic heterocycles. The van der Waals surface area contributed by atoms with E-state index >= 15 is 0 Å². The maximum Gasteiger partial charge on any atom is 0.246 e. The molecule has 0 aliphatic carbocycles. The van der Waals surface area contributed by atoms with Gasteiger partial charge < -0.3 is 9.64 Å². The van der Waals surface area contributed by atoms with Crippen LogP contribution < -0.4 is 4.74 Å². The third-order valence-corrected chi connectivity index (χ3v) is 7.23. The Bertz CT molecular complexity index is 826. The van der Waals surface area contributed by atoms with Crippen LogP contribution in [0, 0.1) is 0 Å². The molecule has 1 atom stereocenters. The van der Waals surface area contributed by atoms with E-state index in [0.29, 0.717) is 18.8 Å². The fraction of sp³-hybridized carbons (Fsp3) is 0.526. The summed E-state index contributed by atoms with van der Waals surface area (Å²) in [6, 6.07) is 6.12. The molecule has 1 amide bonds. The monoisotopic (exact) mass is 376 g/mol. The van der Waals surface area contributed by atoms with E-state index in [2.05, 4.69) is 11.0 Å². The van der Waals surface area contributed by atoms with Crippen molar-refractivity contribution in [1.82, 2.24) is 9.80 Å². The predicted octanol–water partition coefficient (Wildman–Crippen LogP) is 0.966. The van der Waals surface area contributed by atoms with Crippen LogP contribution >= 0.6 is 0 Å². The van der Waals surface area contributed by atoms with Gasteiger partial charge in [0.2, 0.25) is 5.91 Å². The lowest BCUT2D eigenvalue weighted by Gasteiger charge is -2.37. The molecule has 0 spiro atoms. The summed E-state index contributed by atoms with van der Waals surface area (Å²) in [6.45, 7) is 3.52. The molecule has 0 saturated carbocycles. The fourth-order valence-electron chi connectivity index (χ4n) is 3.95. The van der Waals surface area contributed by atoms with Gasteiger partial charge in [0.15, 0.2) is 9.84 Å². The molecule has 3 aliphatic rings. The number of benzene rings is 1. The van der Waals surface area contributed by atoms with Gasteiger partial charge in [-0.05, 0) is 35.8 Å². The summed E-state index contributed by atoms with van der Waals surface area (Å²) in [5.41, 5.74) is 2.21. The number of rotatable bonds is 3. The molecular weight excluding hydrogens is 352 g/mol. The zero-order chi connectivity index (χ0) is 18.1. The van der Waals surface area contributed by atoms with Crippen LogP contribution in [0.15, 0.2) is 24.3 Å². The maximum absolute atomic E-state index is 12.4. The minimum atomic E-state index is -2.86. The van der Waals surface area contributed by atoms with Crippen LogP contribution in [0.25, 0.3) is 6.08 Å². The molecule has 6 nitrogen and oxygen atoms in total. The number of carbonyl (C=O) groups is 1. The lowest BCUT2D eigenvalue weighted by molar-refractivity contribution is -0.127. The van der Waals surface area contributed by atoms with Gasteiger partial charge in [0, 0.05) is 44.7 Å². The van der Waals surface area contributed by atoms with Crippen LogP contribution in [-0.4, -0.2) is 74.5 Å². The molecule has 2 fully saturated rings. The Balaban J connectivity index is 1.31. The molecule has 26 heavy (non-hydrogen) atoms. The van der Waals surface area contributed by atoms with Gasteiger partial charge in [-0.2, -0.15) is 0 Å². The standard InChI is InChI=1S/C19H24N2O4S/c22-19(4-2-15-1-3-18-16(13-15)5-11-25-18)21-9-7-20(8-10-21)17-6-12-26(23,24)14-17/h1-4,13,17H,5-12,14H2/b4-2+. The van der Waals surface area contributed by atoms with Crippen LogP contribution in [0.3, 0.4) is 0 Å². The highest BCUT2D eigenvalue weighted by atomic mass is 32.2. The molecule has 1 aromatic carbocycles. The normalized spacial score (nSPS) is 25.4. The topological polar surface area (TPSA) is 66.9 Å². The first-order chi connectivity index (χ1) is 12.5. The number of piperazine rings is 1. The SMILES string of the molecule is O=C(/C=C/c1ccc2c(c1)CCO2)N1CCN(C2CCS(=O)(=O)C2)CC1. The first-order valence-electron chi connectivity index (χ1n) is 9.17. The van der Waals surface area contributed by atoms with E-state index in [9.17, 15) is 13.2 Å². The summed E-state index contributed by atoms with van der Waals surface area (Å²) in [5.74, 6) is 1.52. The Morgan fingerprint density at radius 1 is 1.19 bits per heavy atom. The summed E-state index contributed by atoms with van der Waals surface area (Å²) < 4.78 is 28.8. The molecular formula is C19H24N2O4S. The third-order valence-electron chi connectivity index (χ3n) is 5.48. The molecule has 7 heteroatoms. The highest BCUT2D eigenvalue weighted by Gasteiger charge is 2.34. The quantitative estimate of drug-likeness (QED) is 0.736. The molecule has 0 aromatic heterocycles. The summed E-state index contributed by atoms with van der Waals surface area (Å²) in [4.78, 5) is 16.5. The lowest BCUT2D eigenvalue weighted by Crippen LogP contribution is -2.52. The highest BCUT2D eigenvalue weighted by Crippen LogP contribution is 2.26. The van der Waals surface area contributed by atoms with Crippen molar-refractivity contribution < 1.29 is 17.9 Å². The van der Waals surface area contributed by atoms with Crippen molar-refractivity contribution in [1.29, 1.82) is 0 Å². The van der Waals surface area contributed by atoms with Crippen molar-refractivity contribution >= 4 is 21.8 Å². The second-order valence-corrected chi connectivity index (χ2v) is 9.45. The van der Waals surface area contributed by atoms with Crippen molar-refractivity contribution in [3.63, 3.8) is 0 Å². The predicted molar refractivity (Wildman–Crippen MR) is 99.9 cm³/mol. The zero-order valence-electron chi connectivity index (χ0n) is 14.8. The number of carbonyl (C=O) groups excluding carboxylic acids is 1. The van der Waals surface area contributed by atoms with E-state index in [1.807, 2.05) is 23.1 Å². The summed E-state index contributed by atoms with van der Waals surface area (Å²) in [5, 5.41) is 0. The zero-order valence-corrected chi connectivity index (χ0v) is 15.6. The fourth-order valence-corrected chi connectivity index (χ4v) is 5.72. The third kappa shape index (κ3) is 3.78. The minimum Gasteiger partial charge on any atom is -0.493 e. The van der Waals surface area contributed by atoms with E-state index in [1.54, 1.807) is 6.08 Å². The number of sulfone groups is 1. The second-order valence-electron chi connectivity index (χ2n) is 7.22. The van der Waals surface area contributed by atoms with Gasteiger partial charge in [-0.15, -0.1) is 0 Å². The van der Waals surface area contributed by atoms with Crippen LogP contribution in [-0.2, 0) is 21.1 Å². The van der Waals surface area contributed by atoms with Crippen molar-refractivity contribution in [3.05, 3.63) is 35.4 Å². The number of hydrogen-bond acceptors (Lipinski definition) is 5. The Labute approximate surface area is 154 Å². The van der Waals surface area contributed by atoms with E-state index in [0.717, 1.165) is 43.9 Å². The average Bonchev–Trinajstić information content (AvgIpc) is 3.25. The van der Waals surface area contributed by atoms with Crippen molar-refractivity contribution in [2.75, 3.05) is 44.3 Å². The molecule has 2 saturated heterocycles. The maximum atomic E-state index is 12.4. The van der Waals surface area contributed by atoms with Gasteiger partial charge in [0.05, 0.1) is 18.1 Å². The van der Waals surface area contributed by atoms with Gasteiger partial charge in [-0.1, -0.05) is 6.07 Å². The number of ether oxygens (including phenoxy) is 1. The molecule has 1 aromatic rings. The van der Waals surface area contributed by atoms with E-state index in [4.69, 9.17) is 4.74 Å². The van der Waals surface area contributed by atoms with E-state index in [1.165, 1.54) is 5.56 Å². The molecule has 140 valence electrons. The second kappa shape index (κ2) is 7.04. The molecule has 4 rings (SSSR count). The van der Waals surface area contributed by atoms with Crippen LogP contribution in [0.4, 0.5) is 0 Å². The van der Waals surface area contributed by atoms with Gasteiger partial charge in [0.1, 0.15) is 5.75 Å². The Kier molecular flexibility index (Phi) is 4.75. The van der Waals surface area contributed by atoms with Gasteiger partial charge >= 0.3 is 0 Å². The van der Waals surface area contributed by atoms with Gasteiger partial charge in [0.25, 0.3) is 0 Å². The van der Waals surface area contributed by atoms with Crippen molar-refractivity contribution in [2.45, 2.75) is 18.9 Å². The number of hydrogen-bond donors (Lipinski definition) is 0. The van der Waals surface area contributed by atoms with Crippen LogP contribution in [0.5, 0.6) is 5.75 Å². The summed E-state index contributed by atoms with van der Waals surface area (Å²) >= 11 is 0. The Morgan fingerprint density at radius 2 is 2.00 bits per heavy atom. The Morgan fingerprint density at radius 3 is 2.73 bits per heavy atom. The van der Waals surface area contributed by atoms with Gasteiger partial charge in [-0.25, -0.2) is 8.42 Å².